The lowest BCUT2D eigenvalue weighted by atomic mass is 10.1. The molecule has 0 atom stereocenters. The van der Waals surface area contributed by atoms with Gasteiger partial charge in [-0.05, 0) is 0 Å². The molecule has 0 N–H and O–H groups in total. The quantitative estimate of drug-likeness (QED) is 0.353. The van der Waals surface area contributed by atoms with Crippen LogP contribution in [0.25, 0.3) is 5.41 Å². The van der Waals surface area contributed by atoms with E-state index in [2.05, 4.69) is 0 Å². The largest absolute Gasteiger partial charge is 0.763 e. The third-order valence-corrected chi connectivity index (χ3v) is 1.85. The molecule has 16 heavy (non-hydrogen) atoms. The second kappa shape index (κ2) is 3.89. The fourth-order valence-electron chi connectivity index (χ4n) is 1.24. The van der Waals surface area contributed by atoms with Crippen LogP contribution < -0.4 is 0 Å². The average Bonchev–Trinajstić information content (AvgIpc) is 2.60. The van der Waals surface area contributed by atoms with Crippen LogP contribution in [0.4, 0.5) is 0 Å². The zero-order valence-corrected chi connectivity index (χ0v) is 7.55. The standard InChI is InChI=1S/C9N5O2/c10-1-5-6(2-11)8(4-13)9(14(15)16)7(5)3-12/q-1. The molecule has 0 aromatic heterocycles. The Balaban J connectivity index is 3.76. The highest BCUT2D eigenvalue weighted by molar-refractivity contribution is 5.84. The van der Waals surface area contributed by atoms with Crippen molar-refractivity contribution in [2.75, 3.05) is 0 Å². The van der Waals surface area contributed by atoms with Crippen LogP contribution in [0.15, 0.2) is 28.0 Å². The summed E-state index contributed by atoms with van der Waals surface area (Å²) in [5.74, 6) is 1.46. The van der Waals surface area contributed by atoms with Crippen molar-refractivity contribution in [3.05, 3.63) is 43.5 Å². The van der Waals surface area contributed by atoms with Gasteiger partial charge in [-0.1, -0.05) is 0 Å². The highest BCUT2D eigenvalue weighted by atomic mass is 16.6. The highest BCUT2D eigenvalue weighted by Crippen LogP contribution is 2.34. The summed E-state index contributed by atoms with van der Waals surface area (Å²) < 4.78 is 0. The van der Waals surface area contributed by atoms with Crippen molar-refractivity contribution in [2.45, 2.75) is 0 Å². The van der Waals surface area contributed by atoms with Crippen LogP contribution in [-0.4, -0.2) is 10.8 Å². The zero-order valence-electron chi connectivity index (χ0n) is 7.55. The van der Waals surface area contributed by atoms with Crippen LogP contribution in [0.3, 0.4) is 0 Å². The molecule has 7 nitrogen and oxygen atoms in total. The fourth-order valence-corrected chi connectivity index (χ4v) is 1.24. The van der Waals surface area contributed by atoms with E-state index in [0.717, 1.165) is 0 Å². The topological polar surface area (TPSA) is 137 Å². The molecule has 1 aliphatic carbocycles. The Bertz CT molecular complexity index is 626. The molecule has 0 aromatic rings. The predicted octanol–water partition coefficient (Wildman–Crippen LogP) is 0.564. The molecule has 0 bridgehead atoms. The molecule has 0 radical (unpaired) electrons. The number of nitro groups is 1. The van der Waals surface area contributed by atoms with Crippen molar-refractivity contribution in [2.24, 2.45) is 0 Å². The van der Waals surface area contributed by atoms with Crippen LogP contribution in [0.1, 0.15) is 0 Å². The summed E-state index contributed by atoms with van der Waals surface area (Å²) >= 11 is 0. The number of hydrogen-bond donors (Lipinski definition) is 0. The maximum Gasteiger partial charge on any atom is 0.302 e. The second-order valence-corrected chi connectivity index (χ2v) is 2.55. The van der Waals surface area contributed by atoms with Crippen LogP contribution in [-0.2, 0) is 0 Å². The van der Waals surface area contributed by atoms with Gasteiger partial charge in [-0.3, -0.25) is 16.0 Å². The molecule has 0 unspecified atom stereocenters. The van der Waals surface area contributed by atoms with Gasteiger partial charge in [0.05, 0.1) is 21.6 Å². The Kier molecular flexibility index (Phi) is 2.65. The van der Waals surface area contributed by atoms with E-state index in [1.54, 1.807) is 0 Å². The number of allylic oxidation sites excluding steroid dienone is 3. The lowest BCUT2D eigenvalue weighted by molar-refractivity contribution is -0.420. The normalized spacial score (nSPS) is 13.9. The van der Waals surface area contributed by atoms with E-state index in [0.29, 0.717) is 0 Å². The van der Waals surface area contributed by atoms with Crippen molar-refractivity contribution < 1.29 is 4.92 Å². The summed E-state index contributed by atoms with van der Waals surface area (Å²) in [4.78, 5) is 9.70. The molecule has 0 saturated carbocycles. The van der Waals surface area contributed by atoms with E-state index in [-0.39, 0.29) is 0 Å². The maximum absolute atomic E-state index is 10.6. The van der Waals surface area contributed by atoms with Gasteiger partial charge in [-0.25, -0.2) is 0 Å². The first kappa shape index (κ1) is 10.9. The molecule has 0 amide bonds. The minimum atomic E-state index is -0.946. The van der Waals surface area contributed by atoms with Crippen molar-refractivity contribution in [1.29, 1.82) is 15.8 Å². The SMILES string of the molecule is N#CC1=C(C#N)C(C#N)=C([N+](=O)[O-])C1=C=[N-]. The molecule has 74 valence electrons. The van der Waals surface area contributed by atoms with Gasteiger partial charge in [0, 0.05) is 0 Å². The second-order valence-electron chi connectivity index (χ2n) is 2.55. The van der Waals surface area contributed by atoms with Gasteiger partial charge in [0.2, 0.25) is 0 Å². The van der Waals surface area contributed by atoms with E-state index < -0.39 is 32.9 Å². The van der Waals surface area contributed by atoms with Crippen molar-refractivity contribution in [3.63, 3.8) is 0 Å². The molecule has 1 rings (SSSR count). The number of hydrogen-bond acceptors (Lipinski definition) is 5. The van der Waals surface area contributed by atoms with Gasteiger partial charge in [0.15, 0.2) is 0 Å². The van der Waals surface area contributed by atoms with Gasteiger partial charge >= 0.3 is 5.70 Å². The van der Waals surface area contributed by atoms with Crippen LogP contribution in [0.5, 0.6) is 0 Å². The van der Waals surface area contributed by atoms with Crippen molar-refractivity contribution >= 4 is 5.87 Å². The molecule has 0 aliphatic heterocycles. The summed E-state index contributed by atoms with van der Waals surface area (Å²) in [6.07, 6.45) is 0. The summed E-state index contributed by atoms with van der Waals surface area (Å²) in [6, 6.07) is 4.49. The maximum atomic E-state index is 10.6. The Morgan fingerprint density at radius 3 is 1.88 bits per heavy atom. The first-order valence-electron chi connectivity index (χ1n) is 3.73. The fraction of sp³-hybridized carbons (Fsp3) is 0. The molecular formula is C9N5O2-. The van der Waals surface area contributed by atoms with E-state index >= 15 is 0 Å². The first-order valence-corrected chi connectivity index (χ1v) is 3.73. The molecule has 7 heteroatoms. The van der Waals surface area contributed by atoms with Crippen molar-refractivity contribution in [1.82, 2.24) is 0 Å². The molecular weight excluding hydrogens is 210 g/mol. The van der Waals surface area contributed by atoms with Gasteiger partial charge < -0.3 is 5.41 Å². The molecule has 0 spiro atoms. The summed E-state index contributed by atoms with van der Waals surface area (Å²) in [5.41, 5.74) is -2.71. The predicted molar refractivity (Wildman–Crippen MR) is 49.8 cm³/mol. The van der Waals surface area contributed by atoms with Crippen LogP contribution in [0, 0.1) is 44.1 Å². The molecule has 0 aromatic carbocycles. The van der Waals surface area contributed by atoms with E-state index in [4.69, 9.17) is 21.2 Å². The Labute approximate surface area is 89.1 Å². The van der Waals surface area contributed by atoms with Crippen LogP contribution >= 0.6 is 0 Å². The molecule has 1 aliphatic rings. The summed E-state index contributed by atoms with van der Waals surface area (Å²) in [7, 11) is 0. The number of nitriles is 3. The lowest BCUT2D eigenvalue weighted by Gasteiger charge is -1.94. The zero-order chi connectivity index (χ0) is 12.3. The summed E-state index contributed by atoms with van der Waals surface area (Å²) in [6.45, 7) is 0. The van der Waals surface area contributed by atoms with E-state index in [9.17, 15) is 10.1 Å². The van der Waals surface area contributed by atoms with Crippen LogP contribution in [0.2, 0.25) is 0 Å². The Hall–Kier alpha value is -3.20. The first-order chi connectivity index (χ1) is 7.62. The lowest BCUT2D eigenvalue weighted by Crippen LogP contribution is -2.02. The smallest absolute Gasteiger partial charge is 0.302 e. The number of rotatable bonds is 1. The van der Waals surface area contributed by atoms with Gasteiger partial charge in [0.25, 0.3) is 0 Å². The third-order valence-electron chi connectivity index (χ3n) is 1.85. The van der Waals surface area contributed by atoms with E-state index in [1.807, 2.05) is 0 Å². The average molecular weight is 210 g/mol. The summed E-state index contributed by atoms with van der Waals surface area (Å²) in [5, 5.41) is 45.4. The van der Waals surface area contributed by atoms with Crippen molar-refractivity contribution in [3.8, 4) is 18.2 Å². The van der Waals surface area contributed by atoms with E-state index in [1.165, 1.54) is 24.1 Å². The monoisotopic (exact) mass is 210 g/mol. The molecule has 0 fully saturated rings. The highest BCUT2D eigenvalue weighted by Gasteiger charge is 2.37. The molecule has 0 heterocycles. The third kappa shape index (κ3) is 1.25. The molecule has 0 saturated heterocycles. The minimum Gasteiger partial charge on any atom is -0.763 e. The van der Waals surface area contributed by atoms with Gasteiger partial charge in [-0.15, -0.1) is 0 Å². The Morgan fingerprint density at radius 1 is 1.06 bits per heavy atom. The van der Waals surface area contributed by atoms with Gasteiger partial charge in [0.1, 0.15) is 23.8 Å². The number of nitrogens with zero attached hydrogens (tertiary/aromatic N) is 5. The minimum absolute atomic E-state index is 0.423. The Morgan fingerprint density at radius 2 is 1.56 bits per heavy atom. The van der Waals surface area contributed by atoms with Gasteiger partial charge in [-0.2, -0.15) is 15.8 Å².